The van der Waals surface area contributed by atoms with Gasteiger partial charge in [0.25, 0.3) is 0 Å². The molecule has 4 aliphatic rings. The van der Waals surface area contributed by atoms with Gasteiger partial charge in [-0.05, 0) is 89.3 Å². The molecule has 5 N–H and O–H groups in total. The molecule has 1 amide bonds. The number of amides is 1. The van der Waals surface area contributed by atoms with E-state index in [1.807, 2.05) is 0 Å². The van der Waals surface area contributed by atoms with Gasteiger partial charge < -0.3 is 15.4 Å². The van der Waals surface area contributed by atoms with E-state index in [1.165, 1.54) is 19.1 Å². The summed E-state index contributed by atoms with van der Waals surface area (Å²) in [6.45, 7) is 5.57. The van der Waals surface area contributed by atoms with Gasteiger partial charge in [0.1, 0.15) is 6.29 Å². The number of carbonyl (C=O) groups is 1. The maximum atomic E-state index is 13.1. The standard InChI is InChI=1S/C25H47N5O4S/c1-16-6-8-19(28-24(31)17-7-9-23(35(3,32)33)22(13-17)34-2)14-21(16)30-25-27-12-10-20(29-25)18-5-4-11-26-15-18/h16-23,25-27,29-30H,4-15H2,1-3H3,(H,28,31). The van der Waals surface area contributed by atoms with Crippen molar-refractivity contribution in [2.24, 2.45) is 17.8 Å². The highest BCUT2D eigenvalue weighted by molar-refractivity contribution is 7.91. The minimum atomic E-state index is -3.18. The Kier molecular flexibility index (Phi) is 9.48. The lowest BCUT2D eigenvalue weighted by atomic mass is 9.81. The molecule has 2 aliphatic carbocycles. The molecule has 9 nitrogen and oxygen atoms in total. The molecule has 0 spiro atoms. The van der Waals surface area contributed by atoms with E-state index < -0.39 is 21.2 Å². The van der Waals surface area contributed by atoms with Gasteiger partial charge in [0.2, 0.25) is 5.91 Å². The molecule has 4 rings (SSSR count). The lowest BCUT2D eigenvalue weighted by molar-refractivity contribution is -0.128. The summed E-state index contributed by atoms with van der Waals surface area (Å²) in [6.07, 6.45) is 9.20. The monoisotopic (exact) mass is 513 g/mol. The van der Waals surface area contributed by atoms with Crippen LogP contribution in [0.3, 0.4) is 0 Å². The first-order valence-electron chi connectivity index (χ1n) is 13.7. The van der Waals surface area contributed by atoms with Crippen molar-refractivity contribution in [2.75, 3.05) is 33.0 Å². The second-order valence-electron chi connectivity index (χ2n) is 11.5. The van der Waals surface area contributed by atoms with Crippen LogP contribution >= 0.6 is 0 Å². The maximum Gasteiger partial charge on any atom is 0.223 e. The van der Waals surface area contributed by atoms with Gasteiger partial charge in [-0.1, -0.05) is 6.92 Å². The van der Waals surface area contributed by atoms with Crippen LogP contribution in [0.5, 0.6) is 0 Å². The number of nitrogens with one attached hydrogen (secondary N) is 5. The van der Waals surface area contributed by atoms with Crippen LogP contribution in [0.2, 0.25) is 0 Å². The van der Waals surface area contributed by atoms with E-state index in [0.29, 0.717) is 43.2 Å². The average Bonchev–Trinajstić information content (AvgIpc) is 2.86. The highest BCUT2D eigenvalue weighted by Gasteiger charge is 2.40. The minimum Gasteiger partial charge on any atom is -0.380 e. The highest BCUT2D eigenvalue weighted by atomic mass is 32.2. The van der Waals surface area contributed by atoms with Crippen LogP contribution in [0.25, 0.3) is 0 Å². The molecule has 35 heavy (non-hydrogen) atoms. The number of ether oxygens (including phenoxy) is 1. The summed E-state index contributed by atoms with van der Waals surface area (Å²) in [4.78, 5) is 13.1. The van der Waals surface area contributed by atoms with Crippen LogP contribution < -0.4 is 26.6 Å². The lowest BCUT2D eigenvalue weighted by Gasteiger charge is -2.43. The Hall–Kier alpha value is -0.780. The van der Waals surface area contributed by atoms with Gasteiger partial charge in [0.05, 0.1) is 11.4 Å². The van der Waals surface area contributed by atoms with Gasteiger partial charge in [0.15, 0.2) is 9.84 Å². The Morgan fingerprint density at radius 2 is 1.86 bits per heavy atom. The predicted octanol–water partition coefficient (Wildman–Crippen LogP) is 0.712. The summed E-state index contributed by atoms with van der Waals surface area (Å²) in [5.41, 5.74) is 0. The molecular weight excluding hydrogens is 466 g/mol. The zero-order valence-electron chi connectivity index (χ0n) is 21.7. The summed E-state index contributed by atoms with van der Waals surface area (Å²) in [7, 11) is -1.64. The van der Waals surface area contributed by atoms with E-state index in [-0.39, 0.29) is 24.2 Å². The summed E-state index contributed by atoms with van der Waals surface area (Å²) in [5, 5.41) is 17.6. The maximum absolute atomic E-state index is 13.1. The van der Waals surface area contributed by atoms with Crippen molar-refractivity contribution < 1.29 is 17.9 Å². The molecule has 0 bridgehead atoms. The summed E-state index contributed by atoms with van der Waals surface area (Å²) in [5.74, 6) is 1.11. The molecule has 2 saturated heterocycles. The van der Waals surface area contributed by atoms with Crippen molar-refractivity contribution in [3.63, 3.8) is 0 Å². The van der Waals surface area contributed by atoms with Crippen LogP contribution in [0.15, 0.2) is 0 Å². The van der Waals surface area contributed by atoms with Crippen LogP contribution in [0.4, 0.5) is 0 Å². The van der Waals surface area contributed by atoms with Crippen molar-refractivity contribution in [3.8, 4) is 0 Å². The van der Waals surface area contributed by atoms with Crippen LogP contribution in [-0.4, -0.2) is 83.1 Å². The molecule has 9 atom stereocenters. The van der Waals surface area contributed by atoms with Crippen LogP contribution in [-0.2, 0) is 19.4 Å². The van der Waals surface area contributed by atoms with Crippen LogP contribution in [0.1, 0.15) is 64.7 Å². The molecule has 2 saturated carbocycles. The second-order valence-corrected chi connectivity index (χ2v) is 13.7. The third-order valence-corrected chi connectivity index (χ3v) is 10.6. The average molecular weight is 514 g/mol. The van der Waals surface area contributed by atoms with Crippen molar-refractivity contribution in [1.29, 1.82) is 0 Å². The molecule has 2 aliphatic heterocycles. The van der Waals surface area contributed by atoms with Crippen LogP contribution in [0, 0.1) is 17.8 Å². The Morgan fingerprint density at radius 3 is 2.57 bits per heavy atom. The van der Waals surface area contributed by atoms with E-state index >= 15 is 0 Å². The van der Waals surface area contributed by atoms with Crippen molar-refractivity contribution in [2.45, 2.75) is 100 Å². The molecule has 0 aromatic carbocycles. The number of hydrogen-bond acceptors (Lipinski definition) is 8. The Labute approximate surface area is 211 Å². The number of carbonyl (C=O) groups excluding carboxylic acids is 1. The first-order chi connectivity index (χ1) is 16.7. The third-order valence-electron chi connectivity index (χ3n) is 8.97. The van der Waals surface area contributed by atoms with Crippen molar-refractivity contribution >= 4 is 15.7 Å². The molecule has 4 fully saturated rings. The van der Waals surface area contributed by atoms with E-state index in [1.54, 1.807) is 7.11 Å². The predicted molar refractivity (Wildman–Crippen MR) is 138 cm³/mol. The SMILES string of the molecule is COC1CC(C(=O)NC2CCC(C)C(NC3NCCC(C4CCCNC4)N3)C2)CCC1S(C)(=O)=O. The number of sulfone groups is 1. The smallest absolute Gasteiger partial charge is 0.223 e. The zero-order valence-corrected chi connectivity index (χ0v) is 22.5. The zero-order chi connectivity index (χ0) is 25.0. The Bertz CT molecular complexity index is 806. The first-order valence-corrected chi connectivity index (χ1v) is 15.7. The Balaban J connectivity index is 1.27. The first kappa shape index (κ1) is 27.3. The molecule has 0 aromatic rings. The molecule has 10 heteroatoms. The fourth-order valence-electron chi connectivity index (χ4n) is 6.74. The van der Waals surface area contributed by atoms with E-state index in [9.17, 15) is 13.2 Å². The number of piperidine rings is 1. The molecular formula is C25H47N5O4S. The van der Waals surface area contributed by atoms with E-state index in [2.05, 4.69) is 33.5 Å². The van der Waals surface area contributed by atoms with E-state index in [4.69, 9.17) is 4.74 Å². The molecule has 0 aromatic heterocycles. The van der Waals surface area contributed by atoms with Gasteiger partial charge in [-0.25, -0.2) is 8.42 Å². The summed E-state index contributed by atoms with van der Waals surface area (Å²) >= 11 is 0. The number of rotatable bonds is 7. The van der Waals surface area contributed by atoms with Gasteiger partial charge in [-0.3, -0.25) is 20.7 Å². The Morgan fingerprint density at radius 1 is 1.03 bits per heavy atom. The molecule has 0 radical (unpaired) electrons. The molecule has 9 unspecified atom stereocenters. The van der Waals surface area contributed by atoms with Crippen molar-refractivity contribution in [1.82, 2.24) is 26.6 Å². The van der Waals surface area contributed by atoms with Gasteiger partial charge in [-0.15, -0.1) is 0 Å². The quantitative estimate of drug-likeness (QED) is 0.338. The van der Waals surface area contributed by atoms with E-state index in [0.717, 1.165) is 45.3 Å². The second kappa shape index (κ2) is 12.2. The largest absolute Gasteiger partial charge is 0.380 e. The number of methoxy groups -OCH3 is 1. The third kappa shape index (κ3) is 7.17. The summed E-state index contributed by atoms with van der Waals surface area (Å²) in [6, 6.07) is 1.01. The fourth-order valence-corrected chi connectivity index (χ4v) is 8.07. The normalized spacial score (nSPS) is 41.3. The summed E-state index contributed by atoms with van der Waals surface area (Å²) < 4.78 is 29.7. The van der Waals surface area contributed by atoms with Gasteiger partial charge >= 0.3 is 0 Å². The number of hydrogen-bond donors (Lipinski definition) is 5. The molecule has 202 valence electrons. The van der Waals surface area contributed by atoms with Gasteiger partial charge in [0, 0.05) is 37.4 Å². The van der Waals surface area contributed by atoms with Crippen molar-refractivity contribution in [3.05, 3.63) is 0 Å². The lowest BCUT2D eigenvalue weighted by Crippen LogP contribution is -2.66. The molecule has 2 heterocycles. The highest BCUT2D eigenvalue weighted by Crippen LogP contribution is 2.32. The van der Waals surface area contributed by atoms with Gasteiger partial charge in [-0.2, -0.15) is 0 Å². The topological polar surface area (TPSA) is 121 Å². The minimum absolute atomic E-state index is 0.0519. The fraction of sp³-hybridized carbons (Fsp3) is 0.960.